The zero-order chi connectivity index (χ0) is 17.9. The number of carbonyl (C=O) groups is 1. The number of hydrogen-bond donors (Lipinski definition) is 2. The van der Waals surface area contributed by atoms with Crippen molar-refractivity contribution in [1.29, 1.82) is 0 Å². The van der Waals surface area contributed by atoms with Gasteiger partial charge in [-0.1, -0.05) is 6.07 Å². The first-order chi connectivity index (χ1) is 11.3. The van der Waals surface area contributed by atoms with Crippen LogP contribution >= 0.6 is 0 Å². The number of methoxy groups -OCH3 is 2. The van der Waals surface area contributed by atoms with E-state index in [0.717, 1.165) is 11.6 Å². The molecule has 0 unspecified atom stereocenters. The van der Waals surface area contributed by atoms with Crippen LogP contribution in [0.3, 0.4) is 0 Å². The maximum atomic E-state index is 12.7. The van der Waals surface area contributed by atoms with Crippen LogP contribution in [0.15, 0.2) is 41.3 Å². The van der Waals surface area contributed by atoms with Gasteiger partial charge in [-0.05, 0) is 42.8 Å². The number of aryl methyl sites for hydroxylation is 1. The van der Waals surface area contributed by atoms with Gasteiger partial charge in [-0.15, -0.1) is 0 Å². The molecular weight excluding hydrogens is 334 g/mol. The van der Waals surface area contributed by atoms with E-state index < -0.39 is 16.0 Å². The highest BCUT2D eigenvalue weighted by Crippen LogP contribution is 2.31. The van der Waals surface area contributed by atoms with Gasteiger partial charge in [0, 0.05) is 0 Å². The highest BCUT2D eigenvalue weighted by molar-refractivity contribution is 7.92. The standard InChI is InChI=1S/C16H17NO6S/c1-10-4-6-12(14(8-10)23-3)17-24(20,21)15-9-11(16(18)19)5-7-13(15)22-2/h4-9,17H,1-3H3,(H,18,19). The second-order valence-electron chi connectivity index (χ2n) is 4.98. The zero-order valence-corrected chi connectivity index (χ0v) is 14.2. The second-order valence-corrected chi connectivity index (χ2v) is 6.63. The smallest absolute Gasteiger partial charge is 0.335 e. The summed E-state index contributed by atoms with van der Waals surface area (Å²) in [7, 11) is -1.34. The average molecular weight is 351 g/mol. The fourth-order valence-electron chi connectivity index (χ4n) is 2.10. The first-order valence-electron chi connectivity index (χ1n) is 6.87. The Morgan fingerprint density at radius 1 is 1.04 bits per heavy atom. The van der Waals surface area contributed by atoms with Crippen molar-refractivity contribution >= 4 is 21.7 Å². The quantitative estimate of drug-likeness (QED) is 0.829. The van der Waals surface area contributed by atoms with E-state index in [9.17, 15) is 13.2 Å². The molecular formula is C16H17NO6S. The molecule has 0 aromatic heterocycles. The summed E-state index contributed by atoms with van der Waals surface area (Å²) >= 11 is 0. The molecule has 0 heterocycles. The molecule has 128 valence electrons. The summed E-state index contributed by atoms with van der Waals surface area (Å²) < 4.78 is 37.9. The van der Waals surface area contributed by atoms with E-state index in [0.29, 0.717) is 5.75 Å². The van der Waals surface area contributed by atoms with Crippen molar-refractivity contribution < 1.29 is 27.8 Å². The fraction of sp³-hybridized carbons (Fsp3) is 0.188. The van der Waals surface area contributed by atoms with Crippen molar-refractivity contribution in [2.24, 2.45) is 0 Å². The van der Waals surface area contributed by atoms with Gasteiger partial charge in [0.1, 0.15) is 16.4 Å². The minimum atomic E-state index is -4.08. The fourth-order valence-corrected chi connectivity index (χ4v) is 3.37. The molecule has 2 rings (SSSR count). The number of anilines is 1. The molecule has 0 aliphatic carbocycles. The number of ether oxygens (including phenoxy) is 2. The van der Waals surface area contributed by atoms with E-state index in [1.807, 2.05) is 6.92 Å². The van der Waals surface area contributed by atoms with Crippen molar-refractivity contribution in [3.63, 3.8) is 0 Å². The minimum absolute atomic E-state index is 0.0404. The van der Waals surface area contributed by atoms with E-state index in [1.165, 1.54) is 26.4 Å². The monoisotopic (exact) mass is 351 g/mol. The Kier molecular flexibility index (Phi) is 4.99. The molecule has 0 radical (unpaired) electrons. The van der Waals surface area contributed by atoms with E-state index in [-0.39, 0.29) is 21.9 Å². The van der Waals surface area contributed by atoms with Gasteiger partial charge < -0.3 is 14.6 Å². The van der Waals surface area contributed by atoms with Crippen molar-refractivity contribution in [3.05, 3.63) is 47.5 Å². The van der Waals surface area contributed by atoms with Gasteiger partial charge in [0.25, 0.3) is 10.0 Å². The Morgan fingerprint density at radius 3 is 2.29 bits per heavy atom. The maximum absolute atomic E-state index is 12.7. The number of hydrogen-bond acceptors (Lipinski definition) is 5. The molecule has 24 heavy (non-hydrogen) atoms. The van der Waals surface area contributed by atoms with Gasteiger partial charge in [-0.25, -0.2) is 13.2 Å². The number of nitrogens with one attached hydrogen (secondary N) is 1. The predicted molar refractivity (Wildman–Crippen MR) is 88.5 cm³/mol. The number of carboxylic acids is 1. The summed E-state index contributed by atoms with van der Waals surface area (Å²) in [5, 5.41) is 9.06. The topological polar surface area (TPSA) is 102 Å². The summed E-state index contributed by atoms with van der Waals surface area (Å²) in [6.07, 6.45) is 0. The molecule has 0 amide bonds. The minimum Gasteiger partial charge on any atom is -0.495 e. The van der Waals surface area contributed by atoms with Crippen LogP contribution in [0.4, 0.5) is 5.69 Å². The van der Waals surface area contributed by atoms with Crippen molar-refractivity contribution in [2.45, 2.75) is 11.8 Å². The third-order valence-corrected chi connectivity index (χ3v) is 4.69. The van der Waals surface area contributed by atoms with Gasteiger partial charge >= 0.3 is 5.97 Å². The van der Waals surface area contributed by atoms with E-state index in [4.69, 9.17) is 14.6 Å². The Morgan fingerprint density at radius 2 is 1.71 bits per heavy atom. The maximum Gasteiger partial charge on any atom is 0.335 e. The molecule has 0 aliphatic rings. The van der Waals surface area contributed by atoms with Gasteiger partial charge in [0.2, 0.25) is 0 Å². The van der Waals surface area contributed by atoms with Crippen LogP contribution in [0.5, 0.6) is 11.5 Å². The van der Waals surface area contributed by atoms with Crippen LogP contribution in [0.1, 0.15) is 15.9 Å². The van der Waals surface area contributed by atoms with E-state index in [1.54, 1.807) is 18.2 Å². The Labute approximate surface area is 139 Å². The van der Waals surface area contributed by atoms with Gasteiger partial charge in [0.15, 0.2) is 0 Å². The third-order valence-electron chi connectivity index (χ3n) is 3.30. The molecule has 8 heteroatoms. The number of carboxylic acid groups (broad SMARTS) is 1. The Hall–Kier alpha value is -2.74. The molecule has 0 spiro atoms. The van der Waals surface area contributed by atoms with Crippen LogP contribution in [0, 0.1) is 6.92 Å². The first-order valence-corrected chi connectivity index (χ1v) is 8.35. The summed E-state index contributed by atoms with van der Waals surface area (Å²) in [6, 6.07) is 8.59. The van der Waals surface area contributed by atoms with Crippen LogP contribution < -0.4 is 14.2 Å². The zero-order valence-electron chi connectivity index (χ0n) is 13.4. The lowest BCUT2D eigenvalue weighted by Gasteiger charge is -2.14. The van der Waals surface area contributed by atoms with E-state index in [2.05, 4.69) is 4.72 Å². The third kappa shape index (κ3) is 3.60. The molecule has 2 N–H and O–H groups in total. The predicted octanol–water partition coefficient (Wildman–Crippen LogP) is 2.51. The van der Waals surface area contributed by atoms with Crippen LogP contribution in [-0.4, -0.2) is 33.7 Å². The lowest BCUT2D eigenvalue weighted by molar-refractivity contribution is 0.0696. The van der Waals surface area contributed by atoms with Gasteiger partial charge in [-0.2, -0.15) is 0 Å². The molecule has 0 saturated heterocycles. The Bertz CT molecular complexity index is 876. The van der Waals surface area contributed by atoms with Crippen molar-refractivity contribution in [3.8, 4) is 11.5 Å². The summed E-state index contributed by atoms with van der Waals surface area (Å²) in [6.45, 7) is 1.85. The number of aromatic carboxylic acids is 1. The molecule has 0 atom stereocenters. The molecule has 2 aromatic rings. The summed E-state index contributed by atoms with van der Waals surface area (Å²) in [5.41, 5.74) is 0.984. The molecule has 0 bridgehead atoms. The summed E-state index contributed by atoms with van der Waals surface area (Å²) in [4.78, 5) is 10.8. The van der Waals surface area contributed by atoms with Crippen molar-refractivity contribution in [2.75, 3.05) is 18.9 Å². The first kappa shape index (κ1) is 17.6. The van der Waals surface area contributed by atoms with Crippen molar-refractivity contribution in [1.82, 2.24) is 0 Å². The highest BCUT2D eigenvalue weighted by Gasteiger charge is 2.23. The highest BCUT2D eigenvalue weighted by atomic mass is 32.2. The van der Waals surface area contributed by atoms with Gasteiger partial charge in [0.05, 0.1) is 25.5 Å². The molecule has 0 fully saturated rings. The van der Waals surface area contributed by atoms with Gasteiger partial charge in [-0.3, -0.25) is 4.72 Å². The van der Waals surface area contributed by atoms with Crippen LogP contribution in [-0.2, 0) is 10.0 Å². The lowest BCUT2D eigenvalue weighted by Crippen LogP contribution is -2.15. The Balaban J connectivity index is 2.51. The molecule has 0 saturated carbocycles. The molecule has 2 aromatic carbocycles. The van der Waals surface area contributed by atoms with Crippen LogP contribution in [0.2, 0.25) is 0 Å². The normalized spacial score (nSPS) is 11.0. The number of rotatable bonds is 6. The second kappa shape index (κ2) is 6.79. The number of benzene rings is 2. The SMILES string of the molecule is COc1cc(C)ccc1NS(=O)(=O)c1cc(C(=O)O)ccc1OC. The van der Waals surface area contributed by atoms with E-state index >= 15 is 0 Å². The summed E-state index contributed by atoms with van der Waals surface area (Å²) in [5.74, 6) is -0.840. The van der Waals surface area contributed by atoms with Crippen LogP contribution in [0.25, 0.3) is 0 Å². The average Bonchev–Trinajstić information content (AvgIpc) is 2.55. The molecule has 0 aliphatic heterocycles. The molecule has 7 nitrogen and oxygen atoms in total. The largest absolute Gasteiger partial charge is 0.495 e. The lowest BCUT2D eigenvalue weighted by atomic mass is 10.2. The number of sulfonamides is 1.